The van der Waals surface area contributed by atoms with E-state index in [1.54, 1.807) is 0 Å². The molecule has 1 aromatic rings. The van der Waals surface area contributed by atoms with Crippen molar-refractivity contribution >= 4 is 5.69 Å². The van der Waals surface area contributed by atoms with Crippen LogP contribution in [0.5, 0.6) is 11.5 Å². The Bertz CT molecular complexity index is 415. The Labute approximate surface area is 85.2 Å². The van der Waals surface area contributed by atoms with Crippen molar-refractivity contribution < 1.29 is 19.5 Å². The number of hydrogen-bond acceptors (Lipinski definition) is 5. The highest BCUT2D eigenvalue weighted by atomic mass is 16.7. The predicted molar refractivity (Wildman–Crippen MR) is 49.9 cm³/mol. The smallest absolute Gasteiger partial charge is 0.279 e. The molecular weight excluding hydrogens is 202 g/mol. The summed E-state index contributed by atoms with van der Waals surface area (Å²) in [5, 5.41) is 20.1. The van der Waals surface area contributed by atoms with Gasteiger partial charge in [0.25, 0.3) is 5.69 Å². The van der Waals surface area contributed by atoms with Gasteiger partial charge in [0, 0.05) is 0 Å². The average molecular weight is 211 g/mol. The molecule has 0 spiro atoms. The maximum atomic E-state index is 10.7. The topological polar surface area (TPSA) is 81.8 Å². The molecule has 80 valence electrons. The highest BCUT2D eigenvalue weighted by molar-refractivity contribution is 5.55. The number of ether oxygens (including phenoxy) is 2. The van der Waals surface area contributed by atoms with Crippen LogP contribution in [0.2, 0.25) is 0 Å². The fourth-order valence-electron chi connectivity index (χ4n) is 1.44. The maximum Gasteiger partial charge on any atom is 0.279 e. The zero-order valence-corrected chi connectivity index (χ0v) is 7.97. The first kappa shape index (κ1) is 9.72. The molecule has 0 aromatic heterocycles. The van der Waals surface area contributed by atoms with E-state index >= 15 is 0 Å². The number of nitro groups is 1. The molecular formula is C9H9NO5. The van der Waals surface area contributed by atoms with Crippen LogP contribution in [0.4, 0.5) is 5.69 Å². The van der Waals surface area contributed by atoms with Gasteiger partial charge in [-0.2, -0.15) is 0 Å². The van der Waals surface area contributed by atoms with Gasteiger partial charge in [0.2, 0.25) is 6.79 Å². The van der Waals surface area contributed by atoms with E-state index in [4.69, 9.17) is 9.47 Å². The second kappa shape index (κ2) is 3.39. The summed E-state index contributed by atoms with van der Waals surface area (Å²) < 4.78 is 10.1. The Morgan fingerprint density at radius 2 is 2.07 bits per heavy atom. The molecule has 0 saturated heterocycles. The Hall–Kier alpha value is -1.82. The monoisotopic (exact) mass is 211 g/mol. The van der Waals surface area contributed by atoms with E-state index in [2.05, 4.69) is 0 Å². The van der Waals surface area contributed by atoms with Gasteiger partial charge in [-0.25, -0.2) is 0 Å². The van der Waals surface area contributed by atoms with E-state index in [1.807, 2.05) is 0 Å². The molecule has 1 aliphatic heterocycles. The fraction of sp³-hybridized carbons (Fsp3) is 0.333. The molecule has 1 heterocycles. The van der Waals surface area contributed by atoms with Crippen LogP contribution in [0.15, 0.2) is 12.1 Å². The van der Waals surface area contributed by atoms with E-state index in [0.29, 0.717) is 11.5 Å². The molecule has 6 heteroatoms. The normalized spacial score (nSPS) is 15.1. The second-order valence-corrected chi connectivity index (χ2v) is 3.20. The van der Waals surface area contributed by atoms with Gasteiger partial charge in [-0.15, -0.1) is 0 Å². The molecule has 1 atom stereocenters. The van der Waals surface area contributed by atoms with Crippen molar-refractivity contribution in [3.63, 3.8) is 0 Å². The van der Waals surface area contributed by atoms with Crippen LogP contribution in [0.25, 0.3) is 0 Å². The van der Waals surface area contributed by atoms with Crippen molar-refractivity contribution in [3.05, 3.63) is 27.8 Å². The van der Waals surface area contributed by atoms with Gasteiger partial charge in [0.05, 0.1) is 22.7 Å². The summed E-state index contributed by atoms with van der Waals surface area (Å²) in [5.41, 5.74) is 0.0681. The summed E-state index contributed by atoms with van der Waals surface area (Å²) in [6, 6.07) is 2.70. The molecule has 1 N–H and O–H groups in total. The summed E-state index contributed by atoms with van der Waals surface area (Å²) in [6.07, 6.45) is -0.917. The summed E-state index contributed by atoms with van der Waals surface area (Å²) in [6.45, 7) is 1.51. The summed E-state index contributed by atoms with van der Waals surface area (Å²) in [7, 11) is 0. The van der Waals surface area contributed by atoms with Crippen molar-refractivity contribution in [2.75, 3.05) is 6.79 Å². The van der Waals surface area contributed by atoms with Gasteiger partial charge in [-0.05, 0) is 13.0 Å². The van der Waals surface area contributed by atoms with Crippen LogP contribution in [0.3, 0.4) is 0 Å². The lowest BCUT2D eigenvalue weighted by molar-refractivity contribution is -0.386. The van der Waals surface area contributed by atoms with Crippen LogP contribution >= 0.6 is 0 Å². The van der Waals surface area contributed by atoms with E-state index in [9.17, 15) is 15.2 Å². The van der Waals surface area contributed by atoms with Crippen LogP contribution in [-0.2, 0) is 0 Å². The lowest BCUT2D eigenvalue weighted by Crippen LogP contribution is -1.99. The number of nitrogens with zero attached hydrogens (tertiary/aromatic N) is 1. The number of hydrogen-bond donors (Lipinski definition) is 1. The third-order valence-corrected chi connectivity index (χ3v) is 2.17. The lowest BCUT2D eigenvalue weighted by Gasteiger charge is -2.06. The molecule has 0 bridgehead atoms. The number of nitro benzene ring substituents is 1. The van der Waals surface area contributed by atoms with Crippen LogP contribution in [0.1, 0.15) is 18.6 Å². The van der Waals surface area contributed by atoms with E-state index in [1.165, 1.54) is 19.1 Å². The first-order valence-electron chi connectivity index (χ1n) is 4.35. The Morgan fingerprint density at radius 3 is 2.60 bits per heavy atom. The Balaban J connectivity index is 2.57. The van der Waals surface area contributed by atoms with E-state index < -0.39 is 11.0 Å². The minimum atomic E-state index is -0.917. The van der Waals surface area contributed by atoms with Crippen molar-refractivity contribution in [1.82, 2.24) is 0 Å². The molecule has 0 unspecified atom stereocenters. The third-order valence-electron chi connectivity index (χ3n) is 2.17. The summed E-state index contributed by atoms with van der Waals surface area (Å²) in [5.74, 6) is 0.766. The third kappa shape index (κ3) is 1.59. The van der Waals surface area contributed by atoms with Gasteiger partial charge in [0.15, 0.2) is 11.5 Å². The van der Waals surface area contributed by atoms with E-state index in [0.717, 1.165) is 0 Å². The van der Waals surface area contributed by atoms with Crippen molar-refractivity contribution in [3.8, 4) is 11.5 Å². The number of aliphatic hydroxyl groups is 1. The van der Waals surface area contributed by atoms with Crippen LogP contribution in [0, 0.1) is 10.1 Å². The van der Waals surface area contributed by atoms with Crippen molar-refractivity contribution in [1.29, 1.82) is 0 Å². The van der Waals surface area contributed by atoms with Gasteiger partial charge >= 0.3 is 0 Å². The SMILES string of the molecule is C[C@@H](O)c1cc2c(cc1[N+](=O)[O-])OCO2. The molecule has 0 fully saturated rings. The number of rotatable bonds is 2. The number of aliphatic hydroxyl groups excluding tert-OH is 1. The lowest BCUT2D eigenvalue weighted by atomic mass is 10.1. The number of benzene rings is 1. The average Bonchev–Trinajstić information content (AvgIpc) is 2.61. The van der Waals surface area contributed by atoms with Crippen molar-refractivity contribution in [2.24, 2.45) is 0 Å². The molecule has 1 aromatic carbocycles. The summed E-state index contributed by atoms with van der Waals surface area (Å²) >= 11 is 0. The molecule has 6 nitrogen and oxygen atoms in total. The van der Waals surface area contributed by atoms with Gasteiger partial charge in [-0.1, -0.05) is 0 Å². The minimum Gasteiger partial charge on any atom is -0.454 e. The van der Waals surface area contributed by atoms with E-state index in [-0.39, 0.29) is 18.0 Å². The molecule has 0 aliphatic carbocycles. The zero-order chi connectivity index (χ0) is 11.0. The summed E-state index contributed by atoms with van der Waals surface area (Å²) in [4.78, 5) is 10.2. The zero-order valence-electron chi connectivity index (χ0n) is 7.97. The van der Waals surface area contributed by atoms with Gasteiger partial charge in [-0.3, -0.25) is 10.1 Å². The minimum absolute atomic E-state index is 0.0513. The highest BCUT2D eigenvalue weighted by Gasteiger charge is 2.25. The Morgan fingerprint density at radius 1 is 1.47 bits per heavy atom. The maximum absolute atomic E-state index is 10.7. The standard InChI is InChI=1S/C9H9NO5/c1-5(11)6-2-8-9(15-4-14-8)3-7(6)10(12)13/h2-3,5,11H,4H2,1H3/t5-/m1/s1. The predicted octanol–water partition coefficient (Wildman–Crippen LogP) is 1.38. The molecule has 0 saturated carbocycles. The molecule has 2 rings (SSSR count). The molecule has 15 heavy (non-hydrogen) atoms. The first-order valence-corrected chi connectivity index (χ1v) is 4.35. The van der Waals surface area contributed by atoms with Crippen LogP contribution in [-0.4, -0.2) is 16.8 Å². The fourth-order valence-corrected chi connectivity index (χ4v) is 1.44. The Kier molecular flexibility index (Phi) is 2.20. The number of fused-ring (bicyclic) bond motifs is 1. The highest BCUT2D eigenvalue weighted by Crippen LogP contribution is 2.39. The van der Waals surface area contributed by atoms with Gasteiger partial charge in [0.1, 0.15) is 0 Å². The largest absolute Gasteiger partial charge is 0.454 e. The first-order chi connectivity index (χ1) is 7.09. The van der Waals surface area contributed by atoms with Crippen LogP contribution < -0.4 is 9.47 Å². The van der Waals surface area contributed by atoms with Gasteiger partial charge < -0.3 is 14.6 Å². The molecule has 1 aliphatic rings. The van der Waals surface area contributed by atoms with Crippen molar-refractivity contribution in [2.45, 2.75) is 13.0 Å². The second-order valence-electron chi connectivity index (χ2n) is 3.20. The molecule has 0 radical (unpaired) electrons. The quantitative estimate of drug-likeness (QED) is 0.590. The molecule has 0 amide bonds.